The van der Waals surface area contributed by atoms with Crippen LogP contribution in [0.2, 0.25) is 0 Å². The summed E-state index contributed by atoms with van der Waals surface area (Å²) in [5, 5.41) is 0. The summed E-state index contributed by atoms with van der Waals surface area (Å²) < 4.78 is 80.6. The molecular formula is C25H23F6NO2. The van der Waals surface area contributed by atoms with Crippen molar-refractivity contribution in [3.63, 3.8) is 0 Å². The molecule has 0 aromatic heterocycles. The number of benzene rings is 2. The van der Waals surface area contributed by atoms with Crippen LogP contribution in [-0.4, -0.2) is 23.1 Å². The first-order chi connectivity index (χ1) is 15.8. The molecule has 1 unspecified atom stereocenters. The van der Waals surface area contributed by atoms with Gasteiger partial charge in [-0.1, -0.05) is 30.3 Å². The molecule has 2 aromatic carbocycles. The van der Waals surface area contributed by atoms with E-state index in [-0.39, 0.29) is 43.2 Å². The van der Waals surface area contributed by atoms with E-state index in [1.165, 1.54) is 6.92 Å². The summed E-state index contributed by atoms with van der Waals surface area (Å²) in [6.45, 7) is 1.56. The molecule has 4 rings (SSSR count). The van der Waals surface area contributed by atoms with Gasteiger partial charge in [0, 0.05) is 19.4 Å². The van der Waals surface area contributed by atoms with Crippen LogP contribution in [0.3, 0.4) is 0 Å². The van der Waals surface area contributed by atoms with Gasteiger partial charge in [-0.25, -0.2) is 0 Å². The van der Waals surface area contributed by atoms with Gasteiger partial charge in [-0.15, -0.1) is 0 Å². The lowest BCUT2D eigenvalue weighted by Gasteiger charge is -2.45. The minimum atomic E-state index is -5.00. The highest BCUT2D eigenvalue weighted by molar-refractivity contribution is 5.91. The fourth-order valence-electron chi connectivity index (χ4n) is 5.20. The van der Waals surface area contributed by atoms with Gasteiger partial charge in [0.05, 0.1) is 22.1 Å². The van der Waals surface area contributed by atoms with Crippen LogP contribution >= 0.6 is 0 Å². The van der Waals surface area contributed by atoms with Gasteiger partial charge in [0.15, 0.2) is 0 Å². The van der Waals surface area contributed by atoms with E-state index < -0.39 is 40.3 Å². The van der Waals surface area contributed by atoms with Crippen molar-refractivity contribution in [2.24, 2.45) is 0 Å². The average molecular weight is 483 g/mol. The van der Waals surface area contributed by atoms with Gasteiger partial charge < -0.3 is 4.90 Å². The second kappa shape index (κ2) is 8.13. The third-order valence-corrected chi connectivity index (χ3v) is 7.24. The maximum atomic E-state index is 13.8. The van der Waals surface area contributed by atoms with Crippen molar-refractivity contribution in [1.82, 2.24) is 4.90 Å². The van der Waals surface area contributed by atoms with Gasteiger partial charge in [-0.3, -0.25) is 9.59 Å². The lowest BCUT2D eigenvalue weighted by molar-refractivity contribution is -0.144. The van der Waals surface area contributed by atoms with E-state index in [4.69, 9.17) is 0 Å². The van der Waals surface area contributed by atoms with Crippen molar-refractivity contribution < 1.29 is 35.9 Å². The van der Waals surface area contributed by atoms with Crippen LogP contribution in [0, 0.1) is 0 Å². The molecule has 0 bridgehead atoms. The Balaban J connectivity index is 1.80. The van der Waals surface area contributed by atoms with E-state index in [0.717, 1.165) is 5.56 Å². The van der Waals surface area contributed by atoms with Crippen LogP contribution < -0.4 is 0 Å². The van der Waals surface area contributed by atoms with Crippen LogP contribution in [0.1, 0.15) is 61.3 Å². The number of carbonyl (C=O) groups excluding carboxylic acids is 2. The Morgan fingerprint density at radius 3 is 1.79 bits per heavy atom. The minimum absolute atomic E-state index is 0.0625. The second-order valence-electron chi connectivity index (χ2n) is 9.27. The van der Waals surface area contributed by atoms with Gasteiger partial charge in [-0.05, 0) is 55.5 Å². The Labute approximate surface area is 192 Å². The average Bonchev–Trinajstić information content (AvgIpc) is 3.10. The number of hydrogen-bond acceptors (Lipinski definition) is 2. The molecule has 0 spiro atoms. The predicted octanol–water partition coefficient (Wildman–Crippen LogP) is 6.25. The zero-order valence-corrected chi connectivity index (χ0v) is 18.4. The first-order valence-corrected chi connectivity index (χ1v) is 11.0. The maximum absolute atomic E-state index is 13.8. The summed E-state index contributed by atoms with van der Waals surface area (Å²) in [7, 11) is 0. The number of rotatable bonds is 3. The quantitative estimate of drug-likeness (QED) is 0.484. The zero-order chi connectivity index (χ0) is 24.9. The van der Waals surface area contributed by atoms with Crippen molar-refractivity contribution in [3.8, 4) is 0 Å². The van der Waals surface area contributed by atoms with Gasteiger partial charge in [0.2, 0.25) is 5.91 Å². The smallest absolute Gasteiger partial charge is 0.332 e. The monoisotopic (exact) mass is 483 g/mol. The van der Waals surface area contributed by atoms with E-state index >= 15 is 0 Å². The normalized spacial score (nSPS) is 23.4. The Morgan fingerprint density at radius 2 is 1.29 bits per heavy atom. The third-order valence-electron chi connectivity index (χ3n) is 7.24. The molecule has 1 saturated carbocycles. The Hall–Kier alpha value is -2.84. The number of amides is 1. The number of alkyl halides is 6. The first kappa shape index (κ1) is 24.3. The molecule has 2 fully saturated rings. The molecule has 34 heavy (non-hydrogen) atoms. The summed E-state index contributed by atoms with van der Waals surface area (Å²) >= 11 is 0. The molecule has 1 atom stereocenters. The summed E-state index contributed by atoms with van der Waals surface area (Å²) in [6.07, 6.45) is -8.73. The van der Waals surface area contributed by atoms with E-state index in [0.29, 0.717) is 25.0 Å². The molecule has 2 aliphatic rings. The molecule has 1 aliphatic heterocycles. The van der Waals surface area contributed by atoms with Crippen LogP contribution in [0.4, 0.5) is 26.3 Å². The zero-order valence-electron chi connectivity index (χ0n) is 18.4. The standard InChI is InChI=1S/C25H23F6NO2/c1-22(17-13-18(24(26,27)28)15-19(14-17)25(29,30)31)11-12-32(21(22)34)23(9-7-20(33)8-10-23)16-5-3-2-4-6-16/h2-6,13-15H,7-12H2,1H3. The first-order valence-electron chi connectivity index (χ1n) is 11.0. The number of hydrogen-bond donors (Lipinski definition) is 0. The van der Waals surface area contributed by atoms with Crippen LogP contribution in [0.25, 0.3) is 0 Å². The van der Waals surface area contributed by atoms with Gasteiger partial charge >= 0.3 is 12.4 Å². The van der Waals surface area contributed by atoms with Crippen molar-refractivity contribution in [1.29, 1.82) is 0 Å². The molecule has 0 N–H and O–H groups in total. The maximum Gasteiger partial charge on any atom is 0.416 e. The van der Waals surface area contributed by atoms with E-state index in [9.17, 15) is 35.9 Å². The Kier molecular flexibility index (Phi) is 5.81. The largest absolute Gasteiger partial charge is 0.416 e. The number of ketones is 1. The van der Waals surface area contributed by atoms with Gasteiger partial charge in [0.1, 0.15) is 5.78 Å². The molecule has 1 heterocycles. The molecule has 2 aromatic rings. The highest BCUT2D eigenvalue weighted by Gasteiger charge is 2.54. The molecule has 1 saturated heterocycles. The molecule has 1 amide bonds. The van der Waals surface area contributed by atoms with Gasteiger partial charge in [0.25, 0.3) is 0 Å². The Bertz CT molecular complexity index is 1070. The second-order valence-corrected chi connectivity index (χ2v) is 9.27. The topological polar surface area (TPSA) is 37.4 Å². The summed E-state index contributed by atoms with van der Waals surface area (Å²) in [6, 6.07) is 10.5. The van der Waals surface area contributed by atoms with Gasteiger partial charge in [-0.2, -0.15) is 26.3 Å². The number of likely N-dealkylation sites (tertiary alicyclic amines) is 1. The highest BCUT2D eigenvalue weighted by atomic mass is 19.4. The SMILES string of the molecule is CC1(c2cc(C(F)(F)F)cc(C(F)(F)F)c2)CCN(C2(c3ccccc3)CCC(=O)CC2)C1=O. The van der Waals surface area contributed by atoms with Crippen LogP contribution in [-0.2, 0) is 32.9 Å². The third kappa shape index (κ3) is 4.09. The lowest BCUT2D eigenvalue weighted by Crippen LogP contribution is -2.51. The Morgan fingerprint density at radius 1 is 0.765 bits per heavy atom. The summed E-state index contributed by atoms with van der Waals surface area (Å²) in [5.41, 5.74) is -4.78. The summed E-state index contributed by atoms with van der Waals surface area (Å²) in [4.78, 5) is 27.3. The molecule has 1 aliphatic carbocycles. The van der Waals surface area contributed by atoms with Crippen molar-refractivity contribution >= 4 is 11.7 Å². The van der Waals surface area contributed by atoms with E-state index in [1.54, 1.807) is 17.0 Å². The van der Waals surface area contributed by atoms with E-state index in [1.807, 2.05) is 18.2 Å². The molecule has 3 nitrogen and oxygen atoms in total. The van der Waals surface area contributed by atoms with Crippen LogP contribution in [0.15, 0.2) is 48.5 Å². The number of halogens is 6. The summed E-state index contributed by atoms with van der Waals surface area (Å²) in [5.74, 6) is -0.466. The number of Topliss-reactive ketones (excluding diaryl/α,β-unsaturated/α-hetero) is 1. The highest BCUT2D eigenvalue weighted by Crippen LogP contribution is 2.49. The molecular weight excluding hydrogens is 460 g/mol. The van der Waals surface area contributed by atoms with Crippen molar-refractivity contribution in [2.75, 3.05) is 6.54 Å². The fraction of sp³-hybridized carbons (Fsp3) is 0.440. The van der Waals surface area contributed by atoms with Crippen LogP contribution in [0.5, 0.6) is 0 Å². The fourth-order valence-corrected chi connectivity index (χ4v) is 5.20. The van der Waals surface area contributed by atoms with Crippen molar-refractivity contribution in [2.45, 2.75) is 62.3 Å². The molecule has 182 valence electrons. The van der Waals surface area contributed by atoms with Crippen molar-refractivity contribution in [3.05, 3.63) is 70.8 Å². The lowest BCUT2D eigenvalue weighted by atomic mass is 9.74. The number of carbonyl (C=O) groups is 2. The predicted molar refractivity (Wildman–Crippen MR) is 112 cm³/mol. The molecule has 0 radical (unpaired) electrons. The minimum Gasteiger partial charge on any atom is -0.332 e. The molecule has 9 heteroatoms. The number of nitrogens with zero attached hydrogens (tertiary/aromatic N) is 1. The van der Waals surface area contributed by atoms with E-state index in [2.05, 4.69) is 0 Å².